The van der Waals surface area contributed by atoms with Gasteiger partial charge in [-0.1, -0.05) is 0 Å². The molecule has 0 unspecified atom stereocenters. The summed E-state index contributed by atoms with van der Waals surface area (Å²) in [6, 6.07) is 6.35. The molecule has 12 heteroatoms. The van der Waals surface area contributed by atoms with E-state index < -0.39 is 32.8 Å². The van der Waals surface area contributed by atoms with Gasteiger partial charge in [-0.05, 0) is 37.1 Å². The second kappa shape index (κ2) is 9.26. The summed E-state index contributed by atoms with van der Waals surface area (Å²) < 4.78 is 50.0. The van der Waals surface area contributed by atoms with E-state index in [1.165, 1.54) is 0 Å². The van der Waals surface area contributed by atoms with Crippen molar-refractivity contribution in [1.29, 1.82) is 0 Å². The Labute approximate surface area is 205 Å². The van der Waals surface area contributed by atoms with E-state index in [4.69, 9.17) is 0 Å². The maximum absolute atomic E-state index is 13.1. The molecule has 1 aliphatic rings. The molecular weight excluding hydrogens is 490 g/mol. The highest BCUT2D eigenvalue weighted by Crippen LogP contribution is 2.39. The van der Waals surface area contributed by atoms with Gasteiger partial charge in [-0.15, -0.1) is 0 Å². The van der Waals surface area contributed by atoms with E-state index in [0.29, 0.717) is 28.5 Å². The van der Waals surface area contributed by atoms with Gasteiger partial charge in [0, 0.05) is 36.2 Å². The Morgan fingerprint density at radius 3 is 2.58 bits per heavy atom. The van der Waals surface area contributed by atoms with Crippen LogP contribution in [0, 0.1) is 0 Å². The SMILES string of the molecule is CS(=O)(=O)c1cc(C(=O)NCc2cc3nc(-c4cncc(C5CC5)n4)ccc3cn2)cnc1C(F)F. The third kappa shape index (κ3) is 5.03. The number of nitrogens with one attached hydrogen (secondary N) is 1. The van der Waals surface area contributed by atoms with Crippen LogP contribution in [0.4, 0.5) is 8.78 Å². The summed E-state index contributed by atoms with van der Waals surface area (Å²) >= 11 is 0. The zero-order valence-electron chi connectivity index (χ0n) is 19.0. The summed E-state index contributed by atoms with van der Waals surface area (Å²) in [6.07, 6.45) is 5.92. The van der Waals surface area contributed by atoms with E-state index in [-0.39, 0.29) is 12.1 Å². The monoisotopic (exact) mass is 510 g/mol. The molecule has 184 valence electrons. The predicted molar refractivity (Wildman–Crippen MR) is 126 cm³/mol. The Morgan fingerprint density at radius 2 is 1.86 bits per heavy atom. The van der Waals surface area contributed by atoms with Crippen LogP contribution in [0.5, 0.6) is 0 Å². The Hall–Kier alpha value is -3.93. The van der Waals surface area contributed by atoms with Gasteiger partial charge in [-0.2, -0.15) is 0 Å². The zero-order chi connectivity index (χ0) is 25.4. The molecule has 0 spiro atoms. The molecule has 0 saturated heterocycles. The summed E-state index contributed by atoms with van der Waals surface area (Å²) in [5, 5.41) is 3.40. The number of alkyl halides is 2. The molecule has 1 aliphatic carbocycles. The van der Waals surface area contributed by atoms with Crippen molar-refractivity contribution in [2.24, 2.45) is 0 Å². The highest BCUT2D eigenvalue weighted by atomic mass is 32.2. The number of amides is 1. The predicted octanol–water partition coefficient (Wildman–Crippen LogP) is 3.63. The molecule has 1 amide bonds. The average Bonchev–Trinajstić information content (AvgIpc) is 3.71. The van der Waals surface area contributed by atoms with Crippen LogP contribution in [0.1, 0.15) is 52.6 Å². The van der Waals surface area contributed by atoms with E-state index >= 15 is 0 Å². The lowest BCUT2D eigenvalue weighted by Gasteiger charge is -2.10. The summed E-state index contributed by atoms with van der Waals surface area (Å²) in [5.41, 5.74) is 2.40. The molecule has 9 nitrogen and oxygen atoms in total. The van der Waals surface area contributed by atoms with Crippen LogP contribution in [0.25, 0.3) is 22.3 Å². The van der Waals surface area contributed by atoms with E-state index in [1.807, 2.05) is 12.1 Å². The minimum absolute atomic E-state index is 0.00244. The molecule has 4 heterocycles. The minimum Gasteiger partial charge on any atom is -0.346 e. The number of sulfone groups is 1. The van der Waals surface area contributed by atoms with Gasteiger partial charge in [0.05, 0.1) is 45.8 Å². The number of carbonyl (C=O) groups excluding carboxylic acids is 1. The van der Waals surface area contributed by atoms with Crippen LogP contribution in [0.15, 0.2) is 53.9 Å². The van der Waals surface area contributed by atoms with Crippen molar-refractivity contribution in [3.05, 3.63) is 71.7 Å². The fourth-order valence-electron chi connectivity index (χ4n) is 3.69. The van der Waals surface area contributed by atoms with Gasteiger partial charge in [0.15, 0.2) is 9.84 Å². The van der Waals surface area contributed by atoms with E-state index in [9.17, 15) is 22.0 Å². The summed E-state index contributed by atoms with van der Waals surface area (Å²) in [7, 11) is -4.01. The third-order valence-corrected chi connectivity index (χ3v) is 6.85. The fraction of sp³-hybridized carbons (Fsp3) is 0.250. The maximum atomic E-state index is 13.1. The molecule has 0 aliphatic heterocycles. The molecule has 4 aromatic heterocycles. The van der Waals surface area contributed by atoms with Crippen LogP contribution < -0.4 is 5.32 Å². The first kappa shape index (κ1) is 23.8. The highest BCUT2D eigenvalue weighted by Gasteiger charge is 2.26. The molecule has 0 radical (unpaired) electrons. The fourth-order valence-corrected chi connectivity index (χ4v) is 4.55. The topological polar surface area (TPSA) is 128 Å². The van der Waals surface area contributed by atoms with Crippen LogP contribution in [0.3, 0.4) is 0 Å². The molecule has 5 rings (SSSR count). The van der Waals surface area contributed by atoms with Gasteiger partial charge in [0.1, 0.15) is 11.4 Å². The Balaban J connectivity index is 1.35. The average molecular weight is 511 g/mol. The van der Waals surface area contributed by atoms with Gasteiger partial charge in [0.2, 0.25) is 0 Å². The lowest BCUT2D eigenvalue weighted by atomic mass is 10.2. The minimum atomic E-state index is -4.01. The Morgan fingerprint density at radius 1 is 1.06 bits per heavy atom. The van der Waals surface area contributed by atoms with Crippen molar-refractivity contribution >= 4 is 26.6 Å². The molecule has 0 bridgehead atoms. The molecule has 0 atom stereocenters. The van der Waals surface area contributed by atoms with Crippen molar-refractivity contribution in [3.63, 3.8) is 0 Å². The summed E-state index contributed by atoms with van der Waals surface area (Å²) in [5.74, 6) is -0.211. The molecule has 1 saturated carbocycles. The van der Waals surface area contributed by atoms with Crippen molar-refractivity contribution in [3.8, 4) is 11.4 Å². The largest absolute Gasteiger partial charge is 0.346 e. The van der Waals surface area contributed by atoms with Crippen LogP contribution in [-0.2, 0) is 16.4 Å². The molecular formula is C24H20F2N6O3S. The zero-order valence-corrected chi connectivity index (χ0v) is 19.8. The molecule has 36 heavy (non-hydrogen) atoms. The first-order valence-corrected chi connectivity index (χ1v) is 12.9. The van der Waals surface area contributed by atoms with Gasteiger partial charge in [-0.3, -0.25) is 19.7 Å². The van der Waals surface area contributed by atoms with E-state index in [1.54, 1.807) is 24.7 Å². The lowest BCUT2D eigenvalue weighted by molar-refractivity contribution is 0.0948. The number of pyridine rings is 3. The Bertz CT molecular complexity index is 1590. The number of nitrogens with zero attached hydrogens (tertiary/aromatic N) is 5. The number of halogens is 2. The smallest absolute Gasteiger partial charge is 0.281 e. The number of carbonyl (C=O) groups is 1. The van der Waals surface area contributed by atoms with E-state index in [0.717, 1.165) is 42.4 Å². The number of hydrogen-bond acceptors (Lipinski definition) is 8. The summed E-state index contributed by atoms with van der Waals surface area (Å²) in [4.78, 5) is 33.4. The van der Waals surface area contributed by atoms with E-state index in [2.05, 4.69) is 30.2 Å². The molecule has 4 aromatic rings. The van der Waals surface area contributed by atoms with Crippen LogP contribution in [-0.4, -0.2) is 45.5 Å². The van der Waals surface area contributed by atoms with Crippen LogP contribution in [0.2, 0.25) is 0 Å². The van der Waals surface area contributed by atoms with Gasteiger partial charge >= 0.3 is 0 Å². The van der Waals surface area contributed by atoms with Crippen molar-refractivity contribution in [2.45, 2.75) is 36.6 Å². The normalized spacial score (nSPS) is 13.8. The van der Waals surface area contributed by atoms with Gasteiger partial charge in [-0.25, -0.2) is 27.2 Å². The number of aromatic nitrogens is 5. The maximum Gasteiger partial charge on any atom is 0.281 e. The number of hydrogen-bond donors (Lipinski definition) is 1. The Kier molecular flexibility index (Phi) is 6.12. The molecule has 1 N–H and O–H groups in total. The van der Waals surface area contributed by atoms with Crippen LogP contribution >= 0.6 is 0 Å². The highest BCUT2D eigenvalue weighted by molar-refractivity contribution is 7.90. The first-order chi connectivity index (χ1) is 17.2. The standard InChI is InChI=1S/C24H20F2N6O3S/c1-36(34,35)21-6-15(9-29-22(21)23(25)26)24(33)30-10-16-7-18-14(8-28-16)4-5-17(31-18)20-12-27-11-19(32-20)13-2-3-13/h4-9,11-13,23H,2-3,10H2,1H3,(H,30,33). The molecule has 0 aromatic carbocycles. The number of rotatable bonds is 7. The third-order valence-electron chi connectivity index (χ3n) is 5.72. The second-order valence-electron chi connectivity index (χ2n) is 8.53. The second-order valence-corrected chi connectivity index (χ2v) is 10.5. The van der Waals surface area contributed by atoms with Gasteiger partial charge < -0.3 is 5.32 Å². The summed E-state index contributed by atoms with van der Waals surface area (Å²) in [6.45, 7) is 0.00244. The lowest BCUT2D eigenvalue weighted by Crippen LogP contribution is -2.24. The number of fused-ring (bicyclic) bond motifs is 1. The van der Waals surface area contributed by atoms with Crippen molar-refractivity contribution in [2.75, 3.05) is 6.26 Å². The quantitative estimate of drug-likeness (QED) is 0.399. The van der Waals surface area contributed by atoms with Crippen molar-refractivity contribution < 1.29 is 22.0 Å². The first-order valence-electron chi connectivity index (χ1n) is 11.0. The van der Waals surface area contributed by atoms with Crippen molar-refractivity contribution in [1.82, 2.24) is 30.2 Å². The molecule has 1 fully saturated rings. The van der Waals surface area contributed by atoms with Gasteiger partial charge in [0.25, 0.3) is 12.3 Å².